The summed E-state index contributed by atoms with van der Waals surface area (Å²) >= 11 is 0. The molecule has 0 atom stereocenters. The minimum absolute atomic E-state index is 0. The van der Waals surface area contributed by atoms with Crippen LogP contribution >= 0.6 is 0 Å². The Morgan fingerprint density at radius 2 is 0.613 bits per heavy atom. The van der Waals surface area contributed by atoms with Crippen molar-refractivity contribution in [2.24, 2.45) is 9.98 Å². The number of fused-ring (bicyclic) bond motifs is 18. The van der Waals surface area contributed by atoms with E-state index in [0.717, 1.165) is 204 Å². The molecule has 7 aliphatic heterocycles. The molecule has 0 saturated carbocycles. The zero-order chi connectivity index (χ0) is 97.2. The van der Waals surface area contributed by atoms with Crippen molar-refractivity contribution in [3.05, 3.63) is 534 Å². The van der Waals surface area contributed by atoms with E-state index in [2.05, 4.69) is 401 Å². The summed E-state index contributed by atoms with van der Waals surface area (Å²) in [5, 5.41) is 2.26. The van der Waals surface area contributed by atoms with E-state index >= 15 is 0 Å². The van der Waals surface area contributed by atoms with Crippen molar-refractivity contribution in [2.75, 3.05) is 31.5 Å². The van der Waals surface area contributed by atoms with Crippen LogP contribution < -0.4 is 29.2 Å². The minimum Gasteiger partial charge on any atom is -0.530 e. The fraction of sp³-hybridized carbons (Fsp3) is 0.0303. The van der Waals surface area contributed by atoms with E-state index in [1.807, 2.05) is 177 Å². The van der Waals surface area contributed by atoms with E-state index in [0.29, 0.717) is 6.61 Å². The minimum atomic E-state index is 0. The maximum atomic E-state index is 6.28. The van der Waals surface area contributed by atoms with Gasteiger partial charge in [0.2, 0.25) is 0 Å². The number of pyridine rings is 5. The average molecular weight is 2650 g/mol. The van der Waals surface area contributed by atoms with Crippen LogP contribution in [-0.2, 0) is 90.9 Å². The maximum absolute atomic E-state index is 6.28. The topological polar surface area (TPSA) is 118 Å². The van der Waals surface area contributed by atoms with Gasteiger partial charge in [-0.2, -0.15) is 12.7 Å². The summed E-state index contributed by atoms with van der Waals surface area (Å²) in [7, 11) is 2.02. The Bertz CT molecular complexity index is 8510. The van der Waals surface area contributed by atoms with Crippen LogP contribution in [0.2, 0.25) is 0 Å². The SMILES string of the molecule is CN1C=CN(c2[c-]c3c(cc2)-c2ccccc2-c2ccccc2N3c2[c-]c(-c3ccccn3)ccc2)[CH-]1.[Pt+2].[Pt+2].[Pt+2].[Pt].[c-]1c(-c2ccccn2)cccc1N1c2[c-]c(-c3cc4ccccc4cn3)ccc2OCc2ccccc21.[c-]1c(-c2ccccn2)cccc1N1c2[c-]c(C3=NC=CC3)ccc2-c2ccccc2-c2ccccc21.[c-]1c(-c2ccccn2)cccc1N1c2[c-]c(C3=NC=CC3)ccc2-c2ccccc2-c2ccccc21. The number of ether oxygens (including phenoxy) is 1. The second-order valence-corrected chi connectivity index (χ2v) is 35.8. The third-order valence-electron chi connectivity index (χ3n) is 26.8. The van der Waals surface area contributed by atoms with Crippen LogP contribution in [0.5, 0.6) is 5.75 Å². The van der Waals surface area contributed by atoms with Gasteiger partial charge in [0.1, 0.15) is 6.61 Å². The van der Waals surface area contributed by atoms with Gasteiger partial charge in [0.25, 0.3) is 0 Å². The number of benzene rings is 16. The molecule has 5 aromatic heterocycles. The summed E-state index contributed by atoms with van der Waals surface area (Å²) in [6, 6.07) is 165. The van der Waals surface area contributed by atoms with Crippen LogP contribution in [0.1, 0.15) is 29.5 Å². The van der Waals surface area contributed by atoms with E-state index in [-0.39, 0.29) is 84.3 Å². The zero-order valence-electron chi connectivity index (χ0n) is 80.6. The third kappa shape index (κ3) is 19.8. The quantitative estimate of drug-likeness (QED) is 0.108. The van der Waals surface area contributed by atoms with Gasteiger partial charge in [-0.3, -0.25) is 0 Å². The number of aliphatic imine (C=N–C) groups is 2. The largest absolute Gasteiger partial charge is 2.00 e. The summed E-state index contributed by atoms with van der Waals surface area (Å²) in [5.74, 6) is 0.761. The Kier molecular flexibility index (Phi) is 29.6. The maximum Gasteiger partial charge on any atom is 2.00 e. The van der Waals surface area contributed by atoms with E-state index in [9.17, 15) is 0 Å². The van der Waals surface area contributed by atoms with Gasteiger partial charge in [0.05, 0.1) is 22.8 Å². The summed E-state index contributed by atoms with van der Waals surface area (Å²) in [6.45, 7) is 2.52. The van der Waals surface area contributed by atoms with Gasteiger partial charge >= 0.3 is 63.2 Å². The number of rotatable bonds is 12. The molecular formula is C132H86N13OPt4-3. The van der Waals surface area contributed by atoms with Gasteiger partial charge in [-0.05, 0) is 182 Å². The Hall–Kier alpha value is -16.6. The van der Waals surface area contributed by atoms with Crippen molar-refractivity contribution in [1.82, 2.24) is 29.8 Å². The first-order valence-electron chi connectivity index (χ1n) is 48.6. The molecule has 0 spiro atoms. The second kappa shape index (κ2) is 44.6. The molecule has 14 nitrogen and oxygen atoms in total. The van der Waals surface area contributed by atoms with Gasteiger partial charge in [-0.15, -0.1) is 214 Å². The van der Waals surface area contributed by atoms with Crippen LogP contribution in [0, 0.1) is 55.2 Å². The summed E-state index contributed by atoms with van der Waals surface area (Å²) in [6.07, 6.45) is 22.8. The van der Waals surface area contributed by atoms with Crippen molar-refractivity contribution >= 4 is 96.1 Å². The first-order valence-corrected chi connectivity index (χ1v) is 48.6. The van der Waals surface area contributed by atoms with Crippen molar-refractivity contribution in [2.45, 2.75) is 19.4 Å². The molecule has 0 bridgehead atoms. The standard InChI is InChI=1S/C33H23N4.C33H21N3O.2C33H21N3.4Pt/c1-35-19-20-36(23-35)25-16-17-30-28-12-3-2-11-27(28)29-13-4-5-15-32(29)37(33(30)22-25)26-10-8-9-24(21-26)31-14-6-7-18-34-31;1-2-9-26-21-35-30(19-23(26)8-1)25-15-16-33-32(20-25)36(31-14-4-3-10-27(31)22-37-33)28-12-7-11-24(18-28)29-13-5-6-17-34-29;2*1-2-12-27-26(11-1)28-13-3-4-16-32(28)36(25-10-7-9-23(21-25)30-14-5-6-19-34-30)33-22-24(17-18-29(27)33)31-15-8-20-35-31;;;;/h2-20,23H,1H3;1-17,19,21H,22H2;2*1-14,16-20H,15H2;;;;/q-3;3*-2;;3*+2. The number of nitrogens with zero attached hydrogens (tertiary/aromatic N) is 13. The summed E-state index contributed by atoms with van der Waals surface area (Å²) in [4.78, 5) is 45.3. The fourth-order valence-electron chi connectivity index (χ4n) is 20.0. The van der Waals surface area contributed by atoms with E-state index in [1.165, 1.54) is 50.1 Å². The Labute approximate surface area is 930 Å². The third-order valence-corrected chi connectivity index (χ3v) is 26.8. The number of anilines is 13. The predicted octanol–water partition coefficient (Wildman–Crippen LogP) is 32.1. The first kappa shape index (κ1) is 99.4. The smallest absolute Gasteiger partial charge is 0.530 e. The first-order chi connectivity index (χ1) is 72.3. The molecule has 728 valence electrons. The summed E-state index contributed by atoms with van der Waals surface area (Å²) < 4.78 is 6.28. The molecule has 28 rings (SSSR count). The molecule has 7 aliphatic rings. The number of allylic oxidation sites excluding steroid dienone is 2. The molecular weight excluding hydrogens is 2560 g/mol. The van der Waals surface area contributed by atoms with Crippen molar-refractivity contribution in [3.8, 4) is 129 Å². The molecule has 0 amide bonds. The number of aromatic nitrogens is 5. The molecule has 12 heterocycles. The van der Waals surface area contributed by atoms with E-state index in [1.54, 1.807) is 6.20 Å². The van der Waals surface area contributed by atoms with Crippen LogP contribution in [0.15, 0.2) is 472 Å². The number of hydrogen-bond donors (Lipinski definition) is 0. The van der Waals surface area contributed by atoms with Crippen molar-refractivity contribution in [3.63, 3.8) is 0 Å². The second-order valence-electron chi connectivity index (χ2n) is 35.8. The molecule has 0 unspecified atom stereocenters. The van der Waals surface area contributed by atoms with Gasteiger partial charge < -0.3 is 69.0 Å². The normalized spacial score (nSPS) is 12.9. The average Bonchev–Trinajstić information content (AvgIpc) is 1.59. The zero-order valence-corrected chi connectivity index (χ0v) is 89.7. The van der Waals surface area contributed by atoms with Crippen molar-refractivity contribution in [1.29, 1.82) is 0 Å². The van der Waals surface area contributed by atoms with Crippen LogP contribution in [0.3, 0.4) is 0 Å². The molecule has 0 aliphatic carbocycles. The van der Waals surface area contributed by atoms with Crippen LogP contribution in [-0.4, -0.2) is 48.3 Å². The van der Waals surface area contributed by atoms with Gasteiger partial charge in [0.15, 0.2) is 0 Å². The fourth-order valence-corrected chi connectivity index (χ4v) is 20.0. The van der Waals surface area contributed by atoms with Gasteiger partial charge in [-0.1, -0.05) is 270 Å². The molecule has 18 heteroatoms. The van der Waals surface area contributed by atoms with Crippen LogP contribution in [0.4, 0.5) is 73.9 Å². The molecule has 0 N–H and O–H groups in total. The van der Waals surface area contributed by atoms with Crippen molar-refractivity contribution < 1.29 is 89.0 Å². The molecule has 0 radical (unpaired) electrons. The Morgan fingerprint density at radius 1 is 0.267 bits per heavy atom. The molecule has 0 fully saturated rings. The van der Waals surface area contributed by atoms with Gasteiger partial charge in [-0.25, -0.2) is 0 Å². The van der Waals surface area contributed by atoms with Gasteiger partial charge in [0, 0.05) is 98.1 Å². The number of hydrogen-bond acceptors (Lipinski definition) is 14. The predicted molar refractivity (Wildman–Crippen MR) is 591 cm³/mol. The molecule has 16 aromatic carbocycles. The molecule has 21 aromatic rings. The Morgan fingerprint density at radius 3 is 1.01 bits per heavy atom. The van der Waals surface area contributed by atoms with E-state index < -0.39 is 0 Å². The molecule has 150 heavy (non-hydrogen) atoms. The van der Waals surface area contributed by atoms with Crippen LogP contribution in [0.25, 0.3) is 134 Å². The Balaban J connectivity index is 0.000000116. The van der Waals surface area contributed by atoms with E-state index in [4.69, 9.17) is 9.72 Å². The molecule has 0 saturated heterocycles. The number of para-hydroxylation sites is 4. The monoisotopic (exact) mass is 2650 g/mol. The summed E-state index contributed by atoms with van der Waals surface area (Å²) in [5.41, 5.74) is 41.2.